The van der Waals surface area contributed by atoms with E-state index >= 15 is 0 Å². The minimum atomic E-state index is -1.25. The lowest BCUT2D eigenvalue weighted by molar-refractivity contribution is -0.137. The van der Waals surface area contributed by atoms with Gasteiger partial charge in [0.1, 0.15) is 30.5 Å². The number of carboxylic acids is 1. The Balaban J connectivity index is 2.00. The molecule has 0 unspecified atom stereocenters. The lowest BCUT2D eigenvalue weighted by atomic mass is 10.0. The molecule has 13 heteroatoms. The lowest BCUT2D eigenvalue weighted by Gasteiger charge is -2.25. The van der Waals surface area contributed by atoms with Crippen LogP contribution in [0.5, 0.6) is 5.75 Å². The maximum atomic E-state index is 13.3. The molecule has 2 aromatic rings. The van der Waals surface area contributed by atoms with E-state index in [-0.39, 0.29) is 43.6 Å². The molecule has 2 aromatic carbocycles. The monoisotopic (exact) mass is 672 g/mol. The molecular formula is C34H48N4O8S. The molecule has 0 aliphatic rings. The molecule has 2 rings (SSSR count). The molecule has 0 saturated carbocycles. The highest BCUT2D eigenvalue weighted by Gasteiger charge is 2.30. The molecule has 3 atom stereocenters. The third-order valence-corrected chi connectivity index (χ3v) is 7.23. The molecule has 12 nitrogen and oxygen atoms in total. The summed E-state index contributed by atoms with van der Waals surface area (Å²) in [7, 11) is 0. The fraction of sp³-hybridized carbons (Fsp3) is 0.500. The SMILES string of the molecule is CC(C)COC(=O)N[C@@H](CCC(=O)O)C(=O)N[C@@H](CC(C)C)C(=O)N[C@@H](CS)C(=O)NCCc1ccccc1OCc1ccccc1. The van der Waals surface area contributed by atoms with Crippen LogP contribution in [0.15, 0.2) is 54.6 Å². The van der Waals surface area contributed by atoms with Gasteiger partial charge < -0.3 is 35.8 Å². The van der Waals surface area contributed by atoms with Gasteiger partial charge in [0.15, 0.2) is 0 Å². The van der Waals surface area contributed by atoms with Gasteiger partial charge in [-0.25, -0.2) is 4.79 Å². The van der Waals surface area contributed by atoms with Crippen LogP contribution in [-0.2, 0) is 36.9 Å². The van der Waals surface area contributed by atoms with Crippen molar-refractivity contribution in [2.24, 2.45) is 11.8 Å². The topological polar surface area (TPSA) is 172 Å². The minimum Gasteiger partial charge on any atom is -0.489 e. The molecule has 5 N–H and O–H groups in total. The van der Waals surface area contributed by atoms with Crippen molar-refractivity contribution in [3.05, 3.63) is 65.7 Å². The zero-order valence-electron chi connectivity index (χ0n) is 27.5. The maximum absolute atomic E-state index is 13.3. The molecule has 0 aliphatic heterocycles. The molecule has 0 saturated heterocycles. The van der Waals surface area contributed by atoms with E-state index in [9.17, 15) is 24.0 Å². The number of nitrogens with one attached hydrogen (secondary N) is 4. The molecule has 258 valence electrons. The van der Waals surface area contributed by atoms with Gasteiger partial charge in [0.25, 0.3) is 0 Å². The standard InChI is InChI=1S/C34H48N4O8S/c1-22(2)18-27(36-32(42)26(14-15-30(39)40)38-34(44)46-19-23(3)4)33(43)37-28(21-47)31(41)35-17-16-25-12-8-9-13-29(25)45-20-24-10-6-5-7-11-24/h5-13,22-23,26-28,47H,14-21H2,1-4H3,(H,35,41)(H,36,42)(H,37,43)(H,38,44)(H,39,40)/t26-,27-,28-/m0/s1. The van der Waals surface area contributed by atoms with Gasteiger partial charge in [-0.1, -0.05) is 76.2 Å². The fourth-order valence-electron chi connectivity index (χ4n) is 4.43. The predicted molar refractivity (Wildman–Crippen MR) is 181 cm³/mol. The van der Waals surface area contributed by atoms with Crippen LogP contribution in [0.1, 0.15) is 58.1 Å². The van der Waals surface area contributed by atoms with Crippen LogP contribution in [0.3, 0.4) is 0 Å². The van der Waals surface area contributed by atoms with E-state index in [2.05, 4.69) is 33.9 Å². The smallest absolute Gasteiger partial charge is 0.407 e. The van der Waals surface area contributed by atoms with E-state index in [1.165, 1.54) is 0 Å². The number of benzene rings is 2. The van der Waals surface area contributed by atoms with Crippen molar-refractivity contribution in [2.45, 2.75) is 78.1 Å². The molecule has 0 spiro atoms. The average molecular weight is 673 g/mol. The summed E-state index contributed by atoms with van der Waals surface area (Å²) < 4.78 is 11.1. The Morgan fingerprint density at radius 3 is 2.06 bits per heavy atom. The highest BCUT2D eigenvalue weighted by Crippen LogP contribution is 2.20. The summed E-state index contributed by atoms with van der Waals surface area (Å²) in [5.74, 6) is -2.21. The second kappa shape index (κ2) is 20.8. The van der Waals surface area contributed by atoms with Gasteiger partial charge in [-0.05, 0) is 48.3 Å². The third-order valence-electron chi connectivity index (χ3n) is 6.86. The number of ether oxygens (including phenoxy) is 2. The van der Waals surface area contributed by atoms with Crippen molar-refractivity contribution in [3.8, 4) is 5.75 Å². The van der Waals surface area contributed by atoms with Gasteiger partial charge in [0, 0.05) is 18.7 Å². The van der Waals surface area contributed by atoms with Crippen LogP contribution in [0.25, 0.3) is 0 Å². The molecular weight excluding hydrogens is 624 g/mol. The summed E-state index contributed by atoms with van der Waals surface area (Å²) >= 11 is 4.26. The number of carboxylic acid groups (broad SMARTS) is 1. The van der Waals surface area contributed by atoms with E-state index in [0.717, 1.165) is 11.1 Å². The fourth-order valence-corrected chi connectivity index (χ4v) is 4.69. The number of amides is 4. The largest absolute Gasteiger partial charge is 0.489 e. The Morgan fingerprint density at radius 1 is 0.787 bits per heavy atom. The zero-order valence-corrected chi connectivity index (χ0v) is 28.4. The molecule has 0 fully saturated rings. The first-order chi connectivity index (χ1) is 22.4. The van der Waals surface area contributed by atoms with E-state index < -0.39 is 54.3 Å². The number of hydrogen-bond donors (Lipinski definition) is 6. The van der Waals surface area contributed by atoms with Crippen molar-refractivity contribution in [2.75, 3.05) is 18.9 Å². The normalized spacial score (nSPS) is 12.8. The molecule has 0 heterocycles. The van der Waals surface area contributed by atoms with Crippen molar-refractivity contribution >= 4 is 42.4 Å². The van der Waals surface area contributed by atoms with Crippen LogP contribution < -0.4 is 26.0 Å². The summed E-state index contributed by atoms with van der Waals surface area (Å²) in [6.07, 6.45) is -0.765. The summed E-state index contributed by atoms with van der Waals surface area (Å²) in [5, 5.41) is 19.7. The predicted octanol–water partition coefficient (Wildman–Crippen LogP) is 3.49. The number of para-hydroxylation sites is 1. The number of rotatable bonds is 20. The van der Waals surface area contributed by atoms with Gasteiger partial charge in [-0.3, -0.25) is 19.2 Å². The highest BCUT2D eigenvalue weighted by molar-refractivity contribution is 7.80. The summed E-state index contributed by atoms with van der Waals surface area (Å²) in [6.45, 7) is 8.21. The summed E-state index contributed by atoms with van der Waals surface area (Å²) in [4.78, 5) is 63.0. The molecule has 47 heavy (non-hydrogen) atoms. The molecule has 0 radical (unpaired) electrons. The van der Waals surface area contributed by atoms with Gasteiger partial charge in [0.2, 0.25) is 17.7 Å². The Kier molecular flexibility index (Phi) is 17.2. The van der Waals surface area contributed by atoms with E-state index in [1.54, 1.807) is 0 Å². The van der Waals surface area contributed by atoms with Crippen LogP contribution in [-0.4, -0.2) is 71.9 Å². The summed E-state index contributed by atoms with van der Waals surface area (Å²) in [5.41, 5.74) is 1.94. The second-order valence-corrected chi connectivity index (χ2v) is 12.3. The van der Waals surface area contributed by atoms with Gasteiger partial charge >= 0.3 is 12.1 Å². The summed E-state index contributed by atoms with van der Waals surface area (Å²) in [6, 6.07) is 14.0. The Labute approximate surface area is 282 Å². The lowest BCUT2D eigenvalue weighted by Crippen LogP contribution is -2.57. The van der Waals surface area contributed by atoms with Crippen LogP contribution in [0.2, 0.25) is 0 Å². The highest BCUT2D eigenvalue weighted by atomic mass is 32.1. The van der Waals surface area contributed by atoms with E-state index in [1.807, 2.05) is 82.3 Å². The molecule has 0 aliphatic carbocycles. The van der Waals surface area contributed by atoms with Crippen LogP contribution in [0.4, 0.5) is 4.79 Å². The van der Waals surface area contributed by atoms with Gasteiger partial charge in [-0.15, -0.1) is 0 Å². The second-order valence-electron chi connectivity index (χ2n) is 12.0. The first kappa shape index (κ1) is 38.9. The maximum Gasteiger partial charge on any atom is 0.407 e. The van der Waals surface area contributed by atoms with E-state index in [4.69, 9.17) is 14.6 Å². The van der Waals surface area contributed by atoms with Crippen molar-refractivity contribution < 1.29 is 38.6 Å². The first-order valence-corrected chi connectivity index (χ1v) is 16.4. The number of hydrogen-bond acceptors (Lipinski definition) is 8. The van der Waals surface area contributed by atoms with Crippen LogP contribution >= 0.6 is 12.6 Å². The minimum absolute atomic E-state index is 0.00117. The Hall–Kier alpha value is -4.26. The average Bonchev–Trinajstić information content (AvgIpc) is 3.03. The number of carbonyl (C=O) groups excluding carboxylic acids is 4. The zero-order chi connectivity index (χ0) is 34.8. The van der Waals surface area contributed by atoms with Gasteiger partial charge in [-0.2, -0.15) is 12.6 Å². The quantitative estimate of drug-likeness (QED) is 0.116. The van der Waals surface area contributed by atoms with Crippen molar-refractivity contribution in [1.29, 1.82) is 0 Å². The Bertz CT molecular complexity index is 1310. The first-order valence-electron chi connectivity index (χ1n) is 15.8. The number of alkyl carbamates (subject to hydrolysis) is 1. The number of carbonyl (C=O) groups is 5. The third kappa shape index (κ3) is 15.3. The van der Waals surface area contributed by atoms with E-state index in [0.29, 0.717) is 18.8 Å². The number of aliphatic carboxylic acids is 1. The van der Waals surface area contributed by atoms with Gasteiger partial charge in [0.05, 0.1) is 6.61 Å². The molecule has 0 aromatic heterocycles. The van der Waals surface area contributed by atoms with Crippen LogP contribution in [0, 0.1) is 11.8 Å². The Morgan fingerprint density at radius 2 is 1.43 bits per heavy atom. The number of thiol groups is 1. The van der Waals surface area contributed by atoms with Crippen molar-refractivity contribution in [3.63, 3.8) is 0 Å². The van der Waals surface area contributed by atoms with Crippen molar-refractivity contribution in [1.82, 2.24) is 21.3 Å². The molecule has 4 amide bonds. The molecule has 0 bridgehead atoms.